The standard InChI is InChI=1S/C17H14F2N2/c1-10-9-12(11-5-2-3-8-15(11)21-10)17(20)16-13(18)6-4-7-14(16)19/h2-9,17H,20H2,1H3. The minimum atomic E-state index is -0.877. The van der Waals surface area contributed by atoms with Crippen LogP contribution in [0.15, 0.2) is 48.5 Å². The van der Waals surface area contributed by atoms with Gasteiger partial charge in [-0.05, 0) is 36.8 Å². The molecule has 0 aliphatic heterocycles. The number of aromatic nitrogens is 1. The van der Waals surface area contributed by atoms with E-state index in [1.54, 1.807) is 6.07 Å². The molecule has 21 heavy (non-hydrogen) atoms. The van der Waals surface area contributed by atoms with Gasteiger partial charge < -0.3 is 5.73 Å². The zero-order valence-electron chi connectivity index (χ0n) is 11.5. The molecule has 0 fully saturated rings. The third kappa shape index (κ3) is 2.38. The van der Waals surface area contributed by atoms with Gasteiger partial charge in [0.15, 0.2) is 0 Å². The number of nitrogens with zero attached hydrogens (tertiary/aromatic N) is 1. The number of benzene rings is 2. The monoisotopic (exact) mass is 284 g/mol. The third-order valence-electron chi connectivity index (χ3n) is 3.52. The van der Waals surface area contributed by atoms with E-state index in [0.29, 0.717) is 5.56 Å². The molecule has 1 heterocycles. The highest BCUT2D eigenvalue weighted by Crippen LogP contribution is 2.30. The lowest BCUT2D eigenvalue weighted by Crippen LogP contribution is -2.16. The summed E-state index contributed by atoms with van der Waals surface area (Å²) in [4.78, 5) is 4.41. The normalized spacial score (nSPS) is 12.6. The Labute approximate surface area is 121 Å². The van der Waals surface area contributed by atoms with E-state index < -0.39 is 17.7 Å². The number of fused-ring (bicyclic) bond motifs is 1. The molecule has 2 N–H and O–H groups in total. The van der Waals surface area contributed by atoms with Crippen molar-refractivity contribution in [2.24, 2.45) is 5.73 Å². The molecule has 0 amide bonds. The van der Waals surface area contributed by atoms with E-state index in [0.717, 1.165) is 16.6 Å². The first-order chi connectivity index (χ1) is 10.1. The molecule has 0 bridgehead atoms. The molecule has 1 atom stereocenters. The van der Waals surface area contributed by atoms with E-state index in [1.165, 1.54) is 18.2 Å². The largest absolute Gasteiger partial charge is 0.320 e. The van der Waals surface area contributed by atoms with Crippen molar-refractivity contribution in [3.8, 4) is 0 Å². The van der Waals surface area contributed by atoms with Gasteiger partial charge in [-0.2, -0.15) is 0 Å². The van der Waals surface area contributed by atoms with Gasteiger partial charge in [-0.15, -0.1) is 0 Å². The number of hydrogen-bond acceptors (Lipinski definition) is 2. The highest BCUT2D eigenvalue weighted by atomic mass is 19.1. The summed E-state index contributed by atoms with van der Waals surface area (Å²) in [6, 6.07) is 12.1. The zero-order chi connectivity index (χ0) is 15.0. The fourth-order valence-electron chi connectivity index (χ4n) is 2.56. The summed E-state index contributed by atoms with van der Waals surface area (Å²) in [5, 5.41) is 0.804. The minimum absolute atomic E-state index is 0.117. The van der Waals surface area contributed by atoms with Gasteiger partial charge in [0.2, 0.25) is 0 Å². The van der Waals surface area contributed by atoms with Gasteiger partial charge in [0, 0.05) is 16.6 Å². The first kappa shape index (κ1) is 13.6. The zero-order valence-corrected chi connectivity index (χ0v) is 11.5. The van der Waals surface area contributed by atoms with Gasteiger partial charge in [-0.25, -0.2) is 8.78 Å². The SMILES string of the molecule is Cc1cc(C(N)c2c(F)cccc2F)c2ccccc2n1. The molecule has 0 saturated carbocycles. The van der Waals surface area contributed by atoms with Crippen molar-refractivity contribution in [2.75, 3.05) is 0 Å². The average Bonchev–Trinajstić information content (AvgIpc) is 2.46. The molecular weight excluding hydrogens is 270 g/mol. The van der Waals surface area contributed by atoms with Crippen molar-refractivity contribution in [3.63, 3.8) is 0 Å². The highest BCUT2D eigenvalue weighted by molar-refractivity contribution is 5.83. The van der Waals surface area contributed by atoms with Gasteiger partial charge >= 0.3 is 0 Å². The lowest BCUT2D eigenvalue weighted by atomic mass is 9.95. The van der Waals surface area contributed by atoms with Crippen LogP contribution in [0.25, 0.3) is 10.9 Å². The van der Waals surface area contributed by atoms with Crippen molar-refractivity contribution < 1.29 is 8.78 Å². The second kappa shape index (κ2) is 5.22. The highest BCUT2D eigenvalue weighted by Gasteiger charge is 2.20. The molecule has 1 unspecified atom stereocenters. The van der Waals surface area contributed by atoms with Crippen molar-refractivity contribution in [2.45, 2.75) is 13.0 Å². The maximum atomic E-state index is 14.0. The molecule has 3 rings (SSSR count). The fourth-order valence-corrected chi connectivity index (χ4v) is 2.56. The van der Waals surface area contributed by atoms with E-state index in [9.17, 15) is 8.78 Å². The Balaban J connectivity index is 2.25. The number of para-hydroxylation sites is 1. The van der Waals surface area contributed by atoms with Crippen LogP contribution in [0.4, 0.5) is 8.78 Å². The van der Waals surface area contributed by atoms with Gasteiger partial charge in [0.1, 0.15) is 11.6 Å². The summed E-state index contributed by atoms with van der Waals surface area (Å²) < 4.78 is 27.9. The summed E-state index contributed by atoms with van der Waals surface area (Å²) in [5.41, 5.74) is 8.22. The van der Waals surface area contributed by atoms with E-state index in [4.69, 9.17) is 5.73 Å². The first-order valence-corrected chi connectivity index (χ1v) is 6.63. The van der Waals surface area contributed by atoms with Crippen LogP contribution in [-0.4, -0.2) is 4.98 Å². The molecule has 0 aliphatic carbocycles. The number of rotatable bonds is 2. The molecule has 0 spiro atoms. The third-order valence-corrected chi connectivity index (χ3v) is 3.52. The summed E-state index contributed by atoms with van der Waals surface area (Å²) in [6.07, 6.45) is 0. The number of halogens is 2. The van der Waals surface area contributed by atoms with Crippen molar-refractivity contribution in [3.05, 3.63) is 77.0 Å². The van der Waals surface area contributed by atoms with Crippen molar-refractivity contribution >= 4 is 10.9 Å². The minimum Gasteiger partial charge on any atom is -0.320 e. The van der Waals surface area contributed by atoms with E-state index in [2.05, 4.69) is 4.98 Å². The van der Waals surface area contributed by atoms with E-state index >= 15 is 0 Å². The number of aryl methyl sites for hydroxylation is 1. The summed E-state index contributed by atoms with van der Waals surface area (Å²) in [7, 11) is 0. The number of nitrogens with two attached hydrogens (primary N) is 1. The van der Waals surface area contributed by atoms with Crippen LogP contribution < -0.4 is 5.73 Å². The summed E-state index contributed by atoms with van der Waals surface area (Å²) in [5.74, 6) is -1.28. The van der Waals surface area contributed by atoms with Crippen LogP contribution >= 0.6 is 0 Å². The van der Waals surface area contributed by atoms with Crippen LogP contribution in [0.3, 0.4) is 0 Å². The van der Waals surface area contributed by atoms with Crippen LogP contribution in [0.1, 0.15) is 22.9 Å². The first-order valence-electron chi connectivity index (χ1n) is 6.63. The summed E-state index contributed by atoms with van der Waals surface area (Å²) >= 11 is 0. The van der Waals surface area contributed by atoms with Crippen LogP contribution in [0, 0.1) is 18.6 Å². The molecule has 0 radical (unpaired) electrons. The van der Waals surface area contributed by atoms with Gasteiger partial charge in [0.25, 0.3) is 0 Å². The van der Waals surface area contributed by atoms with E-state index in [1.807, 2.05) is 31.2 Å². The quantitative estimate of drug-likeness (QED) is 0.776. The Bertz CT molecular complexity index is 795. The molecule has 4 heteroatoms. The van der Waals surface area contributed by atoms with Crippen LogP contribution in [0.5, 0.6) is 0 Å². The molecule has 2 nitrogen and oxygen atoms in total. The number of hydrogen-bond donors (Lipinski definition) is 1. The van der Waals surface area contributed by atoms with Gasteiger partial charge in [-0.3, -0.25) is 4.98 Å². The van der Waals surface area contributed by atoms with Crippen molar-refractivity contribution in [1.29, 1.82) is 0 Å². The lowest BCUT2D eigenvalue weighted by molar-refractivity contribution is 0.544. The van der Waals surface area contributed by atoms with Crippen LogP contribution in [-0.2, 0) is 0 Å². The Morgan fingerprint density at radius 3 is 2.38 bits per heavy atom. The molecule has 1 aromatic heterocycles. The van der Waals surface area contributed by atoms with Gasteiger partial charge in [0.05, 0.1) is 11.6 Å². The smallest absolute Gasteiger partial charge is 0.131 e. The Kier molecular flexibility index (Phi) is 3.39. The second-order valence-corrected chi connectivity index (χ2v) is 4.98. The van der Waals surface area contributed by atoms with Crippen molar-refractivity contribution in [1.82, 2.24) is 4.98 Å². The predicted octanol–water partition coefficient (Wildman–Crippen LogP) is 3.87. The number of pyridine rings is 1. The Morgan fingerprint density at radius 1 is 1.00 bits per heavy atom. The Hall–Kier alpha value is -2.33. The Morgan fingerprint density at radius 2 is 1.67 bits per heavy atom. The molecule has 106 valence electrons. The molecule has 0 saturated heterocycles. The molecule has 2 aromatic carbocycles. The van der Waals surface area contributed by atoms with Crippen LogP contribution in [0.2, 0.25) is 0 Å². The van der Waals surface area contributed by atoms with E-state index in [-0.39, 0.29) is 5.56 Å². The fraction of sp³-hybridized carbons (Fsp3) is 0.118. The maximum Gasteiger partial charge on any atom is 0.131 e. The topological polar surface area (TPSA) is 38.9 Å². The molecule has 0 aliphatic rings. The van der Waals surface area contributed by atoms with Gasteiger partial charge in [-0.1, -0.05) is 24.3 Å². The molecule has 3 aromatic rings. The summed E-state index contributed by atoms with van der Waals surface area (Å²) in [6.45, 7) is 1.83. The average molecular weight is 284 g/mol. The molecular formula is C17H14F2N2. The maximum absolute atomic E-state index is 14.0. The predicted molar refractivity (Wildman–Crippen MR) is 78.9 cm³/mol. The lowest BCUT2D eigenvalue weighted by Gasteiger charge is -2.17. The second-order valence-electron chi connectivity index (χ2n) is 4.98.